The van der Waals surface area contributed by atoms with E-state index in [9.17, 15) is 14.5 Å². The second-order valence-electron chi connectivity index (χ2n) is 4.01. The molecule has 1 aromatic rings. The number of benzene rings is 1. The smallest absolute Gasteiger partial charge is 0.272 e. The lowest BCUT2D eigenvalue weighted by atomic mass is 10.1. The van der Waals surface area contributed by atoms with Crippen LogP contribution in [0, 0.1) is 15.9 Å². The summed E-state index contributed by atoms with van der Waals surface area (Å²) in [5, 5.41) is 13.4. The third kappa shape index (κ3) is 2.97. The second-order valence-corrected chi connectivity index (χ2v) is 4.01. The summed E-state index contributed by atoms with van der Waals surface area (Å²) >= 11 is 0. The van der Waals surface area contributed by atoms with E-state index in [1.54, 1.807) is 6.26 Å². The molecule has 1 aromatic carbocycles. The standard InChI is InChI=1S/C12H13FN2O3/c13-11-7-9(15(16)17)4-5-12(11)14-8-10-3-1-2-6-18-10/h2,4-7,10,14H,1,3,8H2. The molecule has 0 radical (unpaired) electrons. The maximum atomic E-state index is 13.5. The molecular formula is C12H13FN2O3. The van der Waals surface area contributed by atoms with Gasteiger partial charge in [-0.3, -0.25) is 10.1 Å². The van der Waals surface area contributed by atoms with Gasteiger partial charge in [-0.05, 0) is 25.0 Å². The Labute approximate surface area is 103 Å². The number of nitrogens with one attached hydrogen (secondary N) is 1. The van der Waals surface area contributed by atoms with Crippen molar-refractivity contribution in [3.8, 4) is 0 Å². The summed E-state index contributed by atoms with van der Waals surface area (Å²) in [6, 6.07) is 3.54. The van der Waals surface area contributed by atoms with Gasteiger partial charge in [0.1, 0.15) is 6.10 Å². The van der Waals surface area contributed by atoms with E-state index in [0.29, 0.717) is 6.54 Å². The fourth-order valence-electron chi connectivity index (χ4n) is 1.72. The zero-order chi connectivity index (χ0) is 13.0. The Balaban J connectivity index is 1.97. The van der Waals surface area contributed by atoms with Gasteiger partial charge < -0.3 is 10.1 Å². The molecule has 0 saturated carbocycles. The number of non-ortho nitro benzene ring substituents is 1. The van der Waals surface area contributed by atoms with Crippen molar-refractivity contribution < 1.29 is 14.1 Å². The van der Waals surface area contributed by atoms with Gasteiger partial charge in [-0.15, -0.1) is 0 Å². The Hall–Kier alpha value is -2.11. The molecule has 1 aliphatic heterocycles. The van der Waals surface area contributed by atoms with Crippen molar-refractivity contribution in [1.82, 2.24) is 0 Å². The Morgan fingerprint density at radius 2 is 2.39 bits per heavy atom. The molecule has 1 aliphatic rings. The largest absolute Gasteiger partial charge is 0.497 e. The molecule has 18 heavy (non-hydrogen) atoms. The van der Waals surface area contributed by atoms with Gasteiger partial charge in [0.2, 0.25) is 0 Å². The first-order chi connectivity index (χ1) is 8.66. The average molecular weight is 252 g/mol. The molecule has 0 amide bonds. The maximum absolute atomic E-state index is 13.5. The number of hydrogen-bond acceptors (Lipinski definition) is 4. The van der Waals surface area contributed by atoms with Gasteiger partial charge >= 0.3 is 0 Å². The van der Waals surface area contributed by atoms with Gasteiger partial charge in [0.25, 0.3) is 5.69 Å². The quantitative estimate of drug-likeness (QED) is 0.661. The molecule has 2 rings (SSSR count). The Morgan fingerprint density at radius 3 is 3.00 bits per heavy atom. The van der Waals surface area contributed by atoms with Crippen LogP contribution >= 0.6 is 0 Å². The van der Waals surface area contributed by atoms with Crippen molar-refractivity contribution in [1.29, 1.82) is 0 Å². The fourth-order valence-corrected chi connectivity index (χ4v) is 1.72. The van der Waals surface area contributed by atoms with E-state index in [0.717, 1.165) is 18.9 Å². The monoisotopic (exact) mass is 252 g/mol. The highest BCUT2D eigenvalue weighted by atomic mass is 19.1. The van der Waals surface area contributed by atoms with E-state index in [1.807, 2.05) is 6.08 Å². The van der Waals surface area contributed by atoms with Gasteiger partial charge in [-0.25, -0.2) is 4.39 Å². The lowest BCUT2D eigenvalue weighted by Gasteiger charge is -2.20. The van der Waals surface area contributed by atoms with Gasteiger partial charge in [-0.1, -0.05) is 0 Å². The van der Waals surface area contributed by atoms with E-state index in [4.69, 9.17) is 4.74 Å². The summed E-state index contributed by atoms with van der Waals surface area (Å²) in [5.41, 5.74) is -0.00588. The van der Waals surface area contributed by atoms with Gasteiger partial charge in [0.15, 0.2) is 5.82 Å². The minimum absolute atomic E-state index is 0.00425. The van der Waals surface area contributed by atoms with E-state index < -0.39 is 10.7 Å². The molecule has 1 heterocycles. The van der Waals surface area contributed by atoms with Crippen LogP contribution < -0.4 is 5.32 Å². The number of halogens is 1. The molecule has 6 heteroatoms. The highest BCUT2D eigenvalue weighted by molar-refractivity contribution is 5.50. The SMILES string of the molecule is O=[N+]([O-])c1ccc(NCC2CCC=CO2)c(F)c1. The Bertz CT molecular complexity index is 476. The average Bonchev–Trinajstić information content (AvgIpc) is 2.38. The minimum Gasteiger partial charge on any atom is -0.497 e. The number of allylic oxidation sites excluding steroid dienone is 1. The zero-order valence-corrected chi connectivity index (χ0v) is 9.64. The molecule has 96 valence electrons. The zero-order valence-electron chi connectivity index (χ0n) is 9.64. The Morgan fingerprint density at radius 1 is 1.56 bits per heavy atom. The number of nitro groups is 1. The molecule has 0 bridgehead atoms. The highest BCUT2D eigenvalue weighted by Crippen LogP contribution is 2.21. The molecule has 0 aliphatic carbocycles. The summed E-state index contributed by atoms with van der Waals surface area (Å²) in [7, 11) is 0. The minimum atomic E-state index is -0.629. The molecule has 0 fully saturated rings. The Kier molecular flexibility index (Phi) is 3.76. The van der Waals surface area contributed by atoms with Crippen molar-refractivity contribution in [2.45, 2.75) is 18.9 Å². The summed E-state index contributed by atoms with van der Waals surface area (Å²) in [4.78, 5) is 9.84. The van der Waals surface area contributed by atoms with Crippen molar-refractivity contribution in [2.75, 3.05) is 11.9 Å². The first-order valence-electron chi connectivity index (χ1n) is 5.65. The van der Waals surface area contributed by atoms with Crippen LogP contribution in [0.5, 0.6) is 0 Å². The van der Waals surface area contributed by atoms with Crippen LogP contribution in [0.4, 0.5) is 15.8 Å². The van der Waals surface area contributed by atoms with Crippen LogP contribution in [0.3, 0.4) is 0 Å². The van der Waals surface area contributed by atoms with Crippen molar-refractivity contribution in [3.63, 3.8) is 0 Å². The van der Waals surface area contributed by atoms with Crippen molar-refractivity contribution in [2.24, 2.45) is 0 Å². The predicted molar refractivity (Wildman–Crippen MR) is 64.8 cm³/mol. The number of hydrogen-bond donors (Lipinski definition) is 1. The first-order valence-corrected chi connectivity index (χ1v) is 5.65. The molecule has 0 spiro atoms. The molecule has 1 unspecified atom stereocenters. The normalized spacial score (nSPS) is 18.2. The molecule has 1 N–H and O–H groups in total. The van der Waals surface area contributed by atoms with E-state index in [-0.39, 0.29) is 17.5 Å². The molecular weight excluding hydrogens is 239 g/mol. The van der Waals surface area contributed by atoms with E-state index in [2.05, 4.69) is 5.32 Å². The van der Waals surface area contributed by atoms with E-state index in [1.165, 1.54) is 12.1 Å². The topological polar surface area (TPSA) is 64.4 Å². The lowest BCUT2D eigenvalue weighted by Crippen LogP contribution is -2.23. The summed E-state index contributed by atoms with van der Waals surface area (Å²) in [5.74, 6) is -0.629. The van der Waals surface area contributed by atoms with Crippen LogP contribution in [0.1, 0.15) is 12.8 Å². The summed E-state index contributed by atoms with van der Waals surface area (Å²) < 4.78 is 18.9. The summed E-state index contributed by atoms with van der Waals surface area (Å²) in [6.45, 7) is 0.471. The summed E-state index contributed by atoms with van der Waals surface area (Å²) in [6.07, 6.45) is 5.39. The second kappa shape index (κ2) is 5.48. The molecule has 0 saturated heterocycles. The van der Waals surface area contributed by atoms with E-state index >= 15 is 0 Å². The number of rotatable bonds is 4. The van der Waals surface area contributed by atoms with Crippen LogP contribution in [0.2, 0.25) is 0 Å². The molecule has 5 nitrogen and oxygen atoms in total. The van der Waals surface area contributed by atoms with Crippen LogP contribution in [-0.4, -0.2) is 17.6 Å². The van der Waals surface area contributed by atoms with Crippen LogP contribution in [0.25, 0.3) is 0 Å². The fraction of sp³-hybridized carbons (Fsp3) is 0.333. The third-order valence-corrected chi connectivity index (χ3v) is 2.71. The van der Waals surface area contributed by atoms with Crippen molar-refractivity contribution in [3.05, 3.63) is 46.5 Å². The van der Waals surface area contributed by atoms with Gasteiger partial charge in [-0.2, -0.15) is 0 Å². The van der Waals surface area contributed by atoms with Gasteiger partial charge in [0.05, 0.1) is 29.5 Å². The van der Waals surface area contributed by atoms with Crippen LogP contribution in [-0.2, 0) is 4.74 Å². The number of ether oxygens (including phenoxy) is 1. The van der Waals surface area contributed by atoms with Crippen molar-refractivity contribution >= 4 is 11.4 Å². The molecule has 1 atom stereocenters. The van der Waals surface area contributed by atoms with Gasteiger partial charge in [0, 0.05) is 6.07 Å². The highest BCUT2D eigenvalue weighted by Gasteiger charge is 2.14. The first kappa shape index (κ1) is 12.3. The maximum Gasteiger partial charge on any atom is 0.272 e. The molecule has 0 aromatic heterocycles. The predicted octanol–water partition coefficient (Wildman–Crippen LogP) is 2.84. The lowest BCUT2D eigenvalue weighted by molar-refractivity contribution is -0.385. The number of nitrogens with zero attached hydrogens (tertiary/aromatic N) is 1. The number of nitro benzene ring substituents is 1. The number of anilines is 1. The van der Waals surface area contributed by atoms with Crippen LogP contribution in [0.15, 0.2) is 30.5 Å². The third-order valence-electron chi connectivity index (χ3n) is 2.71.